The Labute approximate surface area is 226 Å². The molecule has 1 atom stereocenters. The van der Waals surface area contributed by atoms with Crippen LogP contribution < -0.4 is 18.9 Å². The highest BCUT2D eigenvalue weighted by Gasteiger charge is 2.35. The zero-order valence-electron chi connectivity index (χ0n) is 22.4. The highest BCUT2D eigenvalue weighted by molar-refractivity contribution is 6.05. The van der Waals surface area contributed by atoms with Crippen molar-refractivity contribution in [3.63, 3.8) is 0 Å². The minimum atomic E-state index is -0.531. The maximum absolute atomic E-state index is 13.7. The molecule has 0 unspecified atom stereocenters. The Morgan fingerprint density at radius 3 is 2.33 bits per heavy atom. The maximum atomic E-state index is 13.7. The summed E-state index contributed by atoms with van der Waals surface area (Å²) in [5, 5.41) is 6.06. The van der Waals surface area contributed by atoms with Crippen molar-refractivity contribution in [2.45, 2.75) is 12.5 Å². The van der Waals surface area contributed by atoms with Gasteiger partial charge < -0.3 is 23.8 Å². The van der Waals surface area contributed by atoms with Crippen molar-refractivity contribution in [3.8, 4) is 23.0 Å². The van der Waals surface area contributed by atoms with E-state index in [-0.39, 0.29) is 12.1 Å². The van der Waals surface area contributed by atoms with E-state index in [1.165, 1.54) is 42.3 Å². The fourth-order valence-electron chi connectivity index (χ4n) is 4.45. The number of carbonyl (C=O) groups is 2. The summed E-state index contributed by atoms with van der Waals surface area (Å²) in [6.07, 6.45) is 0.380. The summed E-state index contributed by atoms with van der Waals surface area (Å²) in [6, 6.07) is 15.6. The average Bonchev–Trinajstić information content (AvgIpc) is 3.41. The number of hydrogen-bond acceptors (Lipinski definition) is 7. The number of nitrogens with zero attached hydrogens (tertiary/aromatic N) is 3. The first kappa shape index (κ1) is 27.4. The van der Waals surface area contributed by atoms with Gasteiger partial charge in [-0.3, -0.25) is 9.59 Å². The fraction of sp³-hybridized carbons (Fsp3) is 0.276. The van der Waals surface area contributed by atoms with Crippen LogP contribution in [0.2, 0.25) is 0 Å². The minimum Gasteiger partial charge on any atom is -0.497 e. The fourth-order valence-corrected chi connectivity index (χ4v) is 4.45. The lowest BCUT2D eigenvalue weighted by molar-refractivity contribution is -0.133. The second-order valence-electron chi connectivity index (χ2n) is 8.86. The summed E-state index contributed by atoms with van der Waals surface area (Å²) >= 11 is 0. The Bertz CT molecular complexity index is 1410. The molecule has 4 rings (SSSR count). The number of hydrazone groups is 1. The summed E-state index contributed by atoms with van der Waals surface area (Å²) in [6.45, 7) is -0.268. The third kappa shape index (κ3) is 5.79. The van der Waals surface area contributed by atoms with Crippen molar-refractivity contribution in [1.29, 1.82) is 0 Å². The number of amides is 2. The maximum Gasteiger partial charge on any atom is 0.262 e. The molecule has 1 aliphatic rings. The molecular weight excluding hydrogens is 505 g/mol. The van der Waals surface area contributed by atoms with Crippen LogP contribution in [0.1, 0.15) is 33.9 Å². The van der Waals surface area contributed by atoms with Crippen molar-refractivity contribution in [3.05, 3.63) is 83.2 Å². The number of methoxy groups -OCH3 is 4. The van der Waals surface area contributed by atoms with Gasteiger partial charge >= 0.3 is 0 Å². The first-order valence-electron chi connectivity index (χ1n) is 12.1. The van der Waals surface area contributed by atoms with Gasteiger partial charge in [0.15, 0.2) is 11.5 Å². The van der Waals surface area contributed by atoms with Crippen molar-refractivity contribution in [2.24, 2.45) is 5.10 Å². The number of rotatable bonds is 9. The lowest BCUT2D eigenvalue weighted by atomic mass is 9.97. The van der Waals surface area contributed by atoms with Gasteiger partial charge in [-0.2, -0.15) is 5.10 Å². The molecule has 0 saturated heterocycles. The summed E-state index contributed by atoms with van der Waals surface area (Å²) < 4.78 is 35.4. The van der Waals surface area contributed by atoms with Crippen LogP contribution in [0, 0.1) is 5.82 Å². The largest absolute Gasteiger partial charge is 0.497 e. The van der Waals surface area contributed by atoms with E-state index in [0.717, 1.165) is 11.6 Å². The molecule has 2 amide bonds. The zero-order chi connectivity index (χ0) is 28.1. The number of hydrogen-bond donors (Lipinski definition) is 0. The van der Waals surface area contributed by atoms with Crippen LogP contribution >= 0.6 is 0 Å². The van der Waals surface area contributed by atoms with Gasteiger partial charge in [0.25, 0.3) is 11.8 Å². The van der Waals surface area contributed by atoms with E-state index < -0.39 is 23.7 Å². The summed E-state index contributed by atoms with van der Waals surface area (Å²) in [7, 11) is 7.69. The van der Waals surface area contributed by atoms with Gasteiger partial charge in [0.1, 0.15) is 23.9 Å². The van der Waals surface area contributed by atoms with Gasteiger partial charge in [-0.15, -0.1) is 0 Å². The van der Waals surface area contributed by atoms with Crippen molar-refractivity contribution >= 4 is 17.5 Å². The molecule has 3 aromatic rings. The molecule has 204 valence electrons. The third-order valence-electron chi connectivity index (χ3n) is 6.47. The van der Waals surface area contributed by atoms with Crippen LogP contribution in [-0.4, -0.2) is 69.5 Å². The van der Waals surface area contributed by atoms with Gasteiger partial charge in [-0.25, -0.2) is 9.40 Å². The monoisotopic (exact) mass is 535 g/mol. The molecular formula is C29H30FN3O6. The Balaban J connectivity index is 1.68. The molecule has 1 heterocycles. The number of carbonyl (C=O) groups excluding carboxylic acids is 2. The molecule has 0 N–H and O–H groups in total. The van der Waals surface area contributed by atoms with Crippen molar-refractivity contribution in [1.82, 2.24) is 9.91 Å². The van der Waals surface area contributed by atoms with Gasteiger partial charge in [-0.05, 0) is 48.0 Å². The van der Waals surface area contributed by atoms with Crippen LogP contribution in [-0.2, 0) is 4.79 Å². The summed E-state index contributed by atoms with van der Waals surface area (Å²) in [5.41, 5.74) is 2.26. The molecule has 0 bridgehead atoms. The Kier molecular flexibility index (Phi) is 8.33. The second kappa shape index (κ2) is 11.8. The highest BCUT2D eigenvalue weighted by Crippen LogP contribution is 2.39. The number of halogens is 1. The van der Waals surface area contributed by atoms with E-state index >= 15 is 0 Å². The standard InChI is InChI=1S/C29H30FN3O6/c1-32(29(35)19-7-6-8-20(30)13-19)17-28(34)33-24(18-9-12-25(37-3)27(14-18)39-5)16-23(31-33)22-11-10-21(36-2)15-26(22)38-4/h6-15,24H,16-17H2,1-5H3/t24-/m1/s1. The predicted molar refractivity (Wildman–Crippen MR) is 143 cm³/mol. The zero-order valence-corrected chi connectivity index (χ0v) is 22.4. The average molecular weight is 536 g/mol. The SMILES string of the molecule is COc1ccc(C2=NN(C(=O)CN(C)C(=O)c3cccc(F)c3)[C@@H](c3ccc(OC)c(OC)c3)C2)c(OC)c1. The molecule has 0 fully saturated rings. The molecule has 0 aliphatic carbocycles. The van der Waals surface area contributed by atoms with Crippen LogP contribution in [0.4, 0.5) is 4.39 Å². The predicted octanol–water partition coefficient (Wildman–Crippen LogP) is 4.31. The van der Waals surface area contributed by atoms with Crippen LogP contribution in [0.25, 0.3) is 0 Å². The first-order valence-corrected chi connectivity index (χ1v) is 12.1. The van der Waals surface area contributed by atoms with E-state index in [1.807, 2.05) is 12.1 Å². The van der Waals surface area contributed by atoms with Crippen molar-refractivity contribution in [2.75, 3.05) is 42.0 Å². The van der Waals surface area contributed by atoms with Crippen LogP contribution in [0.3, 0.4) is 0 Å². The Morgan fingerprint density at radius 1 is 0.923 bits per heavy atom. The molecule has 0 spiro atoms. The number of likely N-dealkylation sites (N-methyl/N-ethyl adjacent to an activating group) is 1. The lowest BCUT2D eigenvalue weighted by Crippen LogP contribution is -2.39. The van der Waals surface area contributed by atoms with Crippen molar-refractivity contribution < 1.29 is 32.9 Å². The Morgan fingerprint density at radius 2 is 1.67 bits per heavy atom. The van der Waals surface area contributed by atoms with E-state index in [0.29, 0.717) is 40.7 Å². The number of ether oxygens (including phenoxy) is 4. The van der Waals surface area contributed by atoms with Crippen LogP contribution in [0.15, 0.2) is 65.8 Å². The van der Waals surface area contributed by atoms with Gasteiger partial charge in [0.2, 0.25) is 0 Å². The molecule has 0 aromatic heterocycles. The molecule has 0 saturated carbocycles. The molecule has 0 radical (unpaired) electrons. The number of benzene rings is 3. The van der Waals surface area contributed by atoms with E-state index in [9.17, 15) is 14.0 Å². The molecule has 9 nitrogen and oxygen atoms in total. The van der Waals surface area contributed by atoms with Gasteiger partial charge in [-0.1, -0.05) is 12.1 Å². The minimum absolute atomic E-state index is 0.148. The van der Waals surface area contributed by atoms with E-state index in [2.05, 4.69) is 5.10 Å². The molecule has 3 aromatic carbocycles. The quantitative estimate of drug-likeness (QED) is 0.406. The second-order valence-corrected chi connectivity index (χ2v) is 8.86. The summed E-state index contributed by atoms with van der Waals surface area (Å²) in [5.74, 6) is 0.807. The molecule has 10 heteroatoms. The topological polar surface area (TPSA) is 89.9 Å². The Hall–Kier alpha value is -4.60. The van der Waals surface area contributed by atoms with E-state index in [4.69, 9.17) is 18.9 Å². The lowest BCUT2D eigenvalue weighted by Gasteiger charge is -2.25. The van der Waals surface area contributed by atoms with E-state index in [1.54, 1.807) is 45.6 Å². The smallest absolute Gasteiger partial charge is 0.262 e. The first-order chi connectivity index (χ1) is 18.8. The third-order valence-corrected chi connectivity index (χ3v) is 6.47. The highest BCUT2D eigenvalue weighted by atomic mass is 19.1. The van der Waals surface area contributed by atoms with Gasteiger partial charge in [0.05, 0.1) is 40.2 Å². The molecule has 1 aliphatic heterocycles. The summed E-state index contributed by atoms with van der Waals surface area (Å²) in [4.78, 5) is 27.7. The normalized spacial score (nSPS) is 14.5. The van der Waals surface area contributed by atoms with Gasteiger partial charge in [0, 0.05) is 30.7 Å². The van der Waals surface area contributed by atoms with Crippen LogP contribution in [0.5, 0.6) is 23.0 Å². The molecule has 39 heavy (non-hydrogen) atoms.